The Balaban J connectivity index is 2.02. The summed E-state index contributed by atoms with van der Waals surface area (Å²) in [7, 11) is 1.27. The molecule has 1 saturated heterocycles. The Bertz CT molecular complexity index is 689. The van der Waals surface area contributed by atoms with Crippen molar-refractivity contribution in [3.63, 3.8) is 0 Å². The number of nitrogens with two attached hydrogens (primary N) is 1. The lowest BCUT2D eigenvalue weighted by Gasteiger charge is -2.43. The van der Waals surface area contributed by atoms with E-state index in [9.17, 15) is 14.4 Å². The second kappa shape index (κ2) is 7.23. The van der Waals surface area contributed by atoms with Gasteiger partial charge in [-0.15, -0.1) is 11.3 Å². The number of nitrogens with zero attached hydrogens (tertiary/aromatic N) is 3. The minimum absolute atomic E-state index is 0.129. The van der Waals surface area contributed by atoms with Crippen LogP contribution in [0.2, 0.25) is 0 Å². The van der Waals surface area contributed by atoms with Gasteiger partial charge in [-0.2, -0.15) is 0 Å². The zero-order chi connectivity index (χ0) is 17.9. The molecule has 0 radical (unpaired) electrons. The van der Waals surface area contributed by atoms with Gasteiger partial charge >= 0.3 is 5.97 Å². The van der Waals surface area contributed by atoms with Crippen LogP contribution in [0.25, 0.3) is 0 Å². The number of nitrogen functional groups attached to an aromatic ring is 1. The third-order valence-electron chi connectivity index (χ3n) is 3.11. The van der Waals surface area contributed by atoms with Gasteiger partial charge in [-0.25, -0.2) is 14.8 Å². The molecule has 0 spiro atoms. The summed E-state index contributed by atoms with van der Waals surface area (Å²) in [5.41, 5.74) is 5.61. The first kappa shape index (κ1) is 17.6. The van der Waals surface area contributed by atoms with Crippen LogP contribution in [-0.4, -0.2) is 64.4 Å². The number of β-lactam (4-membered cyclic amide) rings is 1. The zero-order valence-electron chi connectivity index (χ0n) is 12.8. The van der Waals surface area contributed by atoms with Crippen LogP contribution in [0.1, 0.15) is 12.6 Å². The van der Waals surface area contributed by atoms with E-state index in [1.165, 1.54) is 12.5 Å². The monoisotopic (exact) mass is 357 g/mol. The molecule has 1 unspecified atom stereocenters. The number of hydroxylamine groups is 2. The van der Waals surface area contributed by atoms with E-state index < -0.39 is 36.5 Å². The van der Waals surface area contributed by atoms with Gasteiger partial charge in [0.1, 0.15) is 18.8 Å². The molecule has 0 saturated carbocycles. The Morgan fingerprint density at radius 3 is 2.79 bits per heavy atom. The van der Waals surface area contributed by atoms with E-state index in [2.05, 4.69) is 20.3 Å². The number of carboxylic acids is 1. The SMILES string of the molecule is CON=C(C(=O)NC1C(=O)N(OCC(=O)O)[C@H]1C)c1csc(N)n1. The van der Waals surface area contributed by atoms with Crippen molar-refractivity contribution < 1.29 is 29.2 Å². The summed E-state index contributed by atoms with van der Waals surface area (Å²) in [5.74, 6) is -2.45. The standard InChI is InChI=1S/C12H15N5O6S/c1-5-8(11(21)17(5)23-3-7(18)19)15-10(20)9(16-22-2)6-4-24-12(13)14-6/h4-5,8H,3H2,1-2H3,(H2,13,14)(H,15,20)(H,18,19)/t5-,8?/m0/s1. The normalized spacial score (nSPS) is 20.5. The van der Waals surface area contributed by atoms with E-state index in [0.717, 1.165) is 16.4 Å². The van der Waals surface area contributed by atoms with Gasteiger partial charge < -0.3 is 21.0 Å². The molecule has 1 aromatic heterocycles. The number of anilines is 1. The van der Waals surface area contributed by atoms with Crippen LogP contribution in [-0.2, 0) is 24.1 Å². The van der Waals surface area contributed by atoms with E-state index in [0.29, 0.717) is 0 Å². The first-order chi connectivity index (χ1) is 11.3. The summed E-state index contributed by atoms with van der Waals surface area (Å²) in [6.45, 7) is 0.952. The lowest BCUT2D eigenvalue weighted by molar-refractivity contribution is -0.233. The van der Waals surface area contributed by atoms with Crippen molar-refractivity contribution in [1.82, 2.24) is 15.4 Å². The van der Waals surface area contributed by atoms with Crippen molar-refractivity contribution in [2.24, 2.45) is 5.16 Å². The van der Waals surface area contributed by atoms with Gasteiger partial charge in [-0.1, -0.05) is 5.16 Å². The van der Waals surface area contributed by atoms with Crippen LogP contribution < -0.4 is 11.1 Å². The molecule has 2 amide bonds. The predicted octanol–water partition coefficient (Wildman–Crippen LogP) is -1.19. The highest BCUT2D eigenvalue weighted by Crippen LogP contribution is 2.20. The topological polar surface area (TPSA) is 156 Å². The Hall–Kier alpha value is -2.73. The largest absolute Gasteiger partial charge is 0.479 e. The van der Waals surface area contributed by atoms with Gasteiger partial charge in [-0.3, -0.25) is 14.4 Å². The molecule has 2 atom stereocenters. The molecule has 130 valence electrons. The number of hydrogen-bond acceptors (Lipinski definition) is 9. The molecule has 2 rings (SSSR count). The van der Waals surface area contributed by atoms with Crippen LogP contribution in [0.3, 0.4) is 0 Å². The minimum atomic E-state index is -1.21. The summed E-state index contributed by atoms with van der Waals surface area (Å²) in [5, 5.41) is 17.3. The van der Waals surface area contributed by atoms with Gasteiger partial charge in [0.15, 0.2) is 17.5 Å². The first-order valence-corrected chi connectivity index (χ1v) is 7.54. The average Bonchev–Trinajstić information content (AvgIpc) is 2.96. The van der Waals surface area contributed by atoms with Crippen molar-refractivity contribution in [2.75, 3.05) is 19.5 Å². The smallest absolute Gasteiger partial charge is 0.332 e. The van der Waals surface area contributed by atoms with Crippen molar-refractivity contribution >= 4 is 40.0 Å². The minimum Gasteiger partial charge on any atom is -0.479 e. The van der Waals surface area contributed by atoms with E-state index in [1.807, 2.05) is 0 Å². The number of oxime groups is 1. The molecule has 12 heteroatoms. The molecule has 11 nitrogen and oxygen atoms in total. The number of rotatable bonds is 7. The number of carbonyl (C=O) groups excluding carboxylic acids is 2. The Kier molecular flexibility index (Phi) is 5.31. The Morgan fingerprint density at radius 2 is 2.29 bits per heavy atom. The van der Waals surface area contributed by atoms with E-state index in [4.69, 9.17) is 15.7 Å². The van der Waals surface area contributed by atoms with Crippen molar-refractivity contribution in [2.45, 2.75) is 19.0 Å². The maximum absolute atomic E-state index is 12.3. The number of carbonyl (C=O) groups is 3. The lowest BCUT2D eigenvalue weighted by Crippen LogP contribution is -2.70. The number of carboxylic acid groups (broad SMARTS) is 1. The molecule has 2 heterocycles. The van der Waals surface area contributed by atoms with E-state index in [-0.39, 0.29) is 16.5 Å². The summed E-state index contributed by atoms with van der Waals surface area (Å²) < 4.78 is 0. The molecule has 1 aromatic rings. The highest BCUT2D eigenvalue weighted by molar-refractivity contribution is 7.13. The molecule has 24 heavy (non-hydrogen) atoms. The Morgan fingerprint density at radius 1 is 1.58 bits per heavy atom. The summed E-state index contributed by atoms with van der Waals surface area (Å²) in [4.78, 5) is 48.1. The van der Waals surface area contributed by atoms with Gasteiger partial charge in [0, 0.05) is 5.38 Å². The van der Waals surface area contributed by atoms with E-state index in [1.54, 1.807) is 6.92 Å². The quantitative estimate of drug-likeness (QED) is 0.312. The molecular formula is C12H15N5O6S. The van der Waals surface area contributed by atoms with Crippen LogP contribution in [0.4, 0.5) is 5.13 Å². The third kappa shape index (κ3) is 3.60. The molecule has 1 aliphatic rings. The second-order valence-electron chi connectivity index (χ2n) is 4.72. The fraction of sp³-hybridized carbons (Fsp3) is 0.417. The fourth-order valence-electron chi connectivity index (χ4n) is 1.99. The van der Waals surface area contributed by atoms with Gasteiger partial charge in [0.05, 0.1) is 6.04 Å². The molecule has 0 aliphatic carbocycles. The van der Waals surface area contributed by atoms with Crippen molar-refractivity contribution in [3.8, 4) is 0 Å². The van der Waals surface area contributed by atoms with Crippen LogP contribution in [0, 0.1) is 0 Å². The van der Waals surface area contributed by atoms with Gasteiger partial charge in [0.25, 0.3) is 11.8 Å². The number of aromatic nitrogens is 1. The second-order valence-corrected chi connectivity index (χ2v) is 5.61. The molecule has 1 aliphatic heterocycles. The summed E-state index contributed by atoms with van der Waals surface area (Å²) in [6, 6.07) is -1.41. The Labute approximate surface area is 140 Å². The predicted molar refractivity (Wildman–Crippen MR) is 81.9 cm³/mol. The number of aliphatic carboxylic acids is 1. The summed E-state index contributed by atoms with van der Waals surface area (Å²) in [6.07, 6.45) is 0. The number of nitrogens with one attached hydrogen (secondary N) is 1. The van der Waals surface area contributed by atoms with E-state index >= 15 is 0 Å². The summed E-state index contributed by atoms with van der Waals surface area (Å²) >= 11 is 1.12. The zero-order valence-corrected chi connectivity index (χ0v) is 13.6. The van der Waals surface area contributed by atoms with Crippen LogP contribution >= 0.6 is 11.3 Å². The highest BCUT2D eigenvalue weighted by atomic mass is 32.1. The third-order valence-corrected chi connectivity index (χ3v) is 3.79. The van der Waals surface area contributed by atoms with Crippen molar-refractivity contribution in [3.05, 3.63) is 11.1 Å². The van der Waals surface area contributed by atoms with Gasteiger partial charge in [-0.05, 0) is 6.92 Å². The molecule has 0 bridgehead atoms. The molecule has 4 N–H and O–H groups in total. The van der Waals surface area contributed by atoms with Crippen LogP contribution in [0.5, 0.6) is 0 Å². The fourth-order valence-corrected chi connectivity index (χ4v) is 2.54. The molecule has 1 fully saturated rings. The van der Waals surface area contributed by atoms with Crippen LogP contribution in [0.15, 0.2) is 10.5 Å². The molecular weight excluding hydrogens is 342 g/mol. The maximum atomic E-state index is 12.3. The average molecular weight is 357 g/mol. The van der Waals surface area contributed by atoms with Gasteiger partial charge in [0.2, 0.25) is 0 Å². The highest BCUT2D eigenvalue weighted by Gasteiger charge is 2.47. The van der Waals surface area contributed by atoms with Crippen molar-refractivity contribution in [1.29, 1.82) is 0 Å². The number of hydrogen-bond donors (Lipinski definition) is 3. The molecule has 0 aromatic carbocycles. The number of amides is 2. The number of thiazole rings is 1. The first-order valence-electron chi connectivity index (χ1n) is 6.66. The maximum Gasteiger partial charge on any atom is 0.332 e. The lowest BCUT2D eigenvalue weighted by atomic mass is 10.00.